The molecule has 1 aliphatic carbocycles. The summed E-state index contributed by atoms with van der Waals surface area (Å²) in [5.41, 5.74) is -2.45. The molecule has 0 spiro atoms. The maximum absolute atomic E-state index is 17.2. The lowest BCUT2D eigenvalue weighted by Crippen LogP contribution is -2.63. The van der Waals surface area contributed by atoms with Crippen molar-refractivity contribution < 1.29 is 36.8 Å². The van der Waals surface area contributed by atoms with Crippen LogP contribution in [-0.2, 0) is 33.3 Å². The summed E-state index contributed by atoms with van der Waals surface area (Å²) < 4.78 is 76.0. The van der Waals surface area contributed by atoms with Gasteiger partial charge in [0.25, 0.3) is 17.5 Å². The van der Waals surface area contributed by atoms with Crippen LogP contribution in [0.2, 0.25) is 25.7 Å². The number of imide groups is 1. The van der Waals surface area contributed by atoms with Crippen molar-refractivity contribution in [2.24, 2.45) is 11.3 Å². The van der Waals surface area contributed by atoms with Crippen LogP contribution in [0.4, 0.5) is 13.2 Å². The standard InChI is InChI=1S/C37H51F3N4O5SSi/c1-10-49-37(42-50(47)35(2,3)4,32(38)36(5,6)33(39)40)34-41-27-21-24(17-18-28(27)43(34)22-48-19-20-51(7,8)9)29(23-15-16-23)44-30(45)25-13-11-12-14-26(25)31(44)46/h11-14,17-18,21,23,29,32-33,42H,10,15-16,19-20,22H2,1-9H3/t29-,32?,37?,50-/m1/s1. The molecule has 51 heavy (non-hydrogen) atoms. The minimum atomic E-state index is -3.10. The maximum atomic E-state index is 17.2. The third-order valence-corrected chi connectivity index (χ3v) is 12.9. The lowest BCUT2D eigenvalue weighted by Gasteiger charge is -2.43. The molecule has 2 heterocycles. The molecule has 1 saturated carbocycles. The van der Waals surface area contributed by atoms with Crippen molar-refractivity contribution in [3.05, 3.63) is 65.0 Å². The number of fused-ring (bicyclic) bond motifs is 2. The van der Waals surface area contributed by atoms with Crippen LogP contribution in [0, 0.1) is 11.3 Å². The van der Waals surface area contributed by atoms with E-state index in [1.54, 1.807) is 68.7 Å². The average molecular weight is 749 g/mol. The Bertz CT molecular complexity index is 1720. The number of benzene rings is 2. The molecule has 2 amide bonds. The molecule has 1 N–H and O–H groups in total. The molecule has 14 heteroatoms. The fraction of sp³-hybridized carbons (Fsp3) is 0.595. The fourth-order valence-corrected chi connectivity index (χ4v) is 7.91. The summed E-state index contributed by atoms with van der Waals surface area (Å²) in [5, 5.41) is 0. The Hall–Kier alpha value is -2.75. The van der Waals surface area contributed by atoms with Gasteiger partial charge in [-0.15, -0.1) is 0 Å². The third kappa shape index (κ3) is 7.82. The lowest BCUT2D eigenvalue weighted by molar-refractivity contribution is -0.175. The average Bonchev–Trinajstić information content (AvgIpc) is 3.78. The smallest absolute Gasteiger partial charge is 0.262 e. The van der Waals surface area contributed by atoms with E-state index in [0.717, 1.165) is 32.7 Å². The van der Waals surface area contributed by atoms with Gasteiger partial charge in [0.15, 0.2) is 12.0 Å². The molecule has 3 aromatic rings. The van der Waals surface area contributed by atoms with Gasteiger partial charge in [-0.2, -0.15) is 0 Å². The second kappa shape index (κ2) is 14.6. The SMILES string of the molecule is CCOC(N[S@+]([O-])C(C)(C)C)(c1nc2cc([C@@H](C3CC3)N3C(=O)c4ccccc4C3=O)ccc2n1COCC[Si](C)(C)C)C(F)C(C)(C)C(F)F. The lowest BCUT2D eigenvalue weighted by atomic mass is 9.81. The zero-order chi connectivity index (χ0) is 37.7. The zero-order valence-corrected chi connectivity index (χ0v) is 32.8. The normalized spacial score (nSPS) is 18.7. The van der Waals surface area contributed by atoms with Crippen molar-refractivity contribution >= 4 is 42.3 Å². The summed E-state index contributed by atoms with van der Waals surface area (Å²) in [4.78, 5) is 33.4. The van der Waals surface area contributed by atoms with E-state index in [-0.39, 0.29) is 36.9 Å². The summed E-state index contributed by atoms with van der Waals surface area (Å²) >= 11 is -2.00. The number of carbonyl (C=O) groups is 2. The Kier molecular flexibility index (Phi) is 11.3. The number of nitrogens with zero attached hydrogens (tertiary/aromatic N) is 3. The van der Waals surface area contributed by atoms with Crippen molar-refractivity contribution in [3.8, 4) is 0 Å². The molecule has 1 aromatic heterocycles. The van der Waals surface area contributed by atoms with Crippen molar-refractivity contribution in [2.75, 3.05) is 13.2 Å². The van der Waals surface area contributed by atoms with Crippen molar-refractivity contribution in [2.45, 2.75) is 116 Å². The molecule has 2 unspecified atom stereocenters. The molecular weight excluding hydrogens is 698 g/mol. The minimum Gasteiger partial charge on any atom is -0.598 e. The summed E-state index contributed by atoms with van der Waals surface area (Å²) in [7, 11) is -1.50. The van der Waals surface area contributed by atoms with Gasteiger partial charge in [-0.1, -0.05) is 56.4 Å². The van der Waals surface area contributed by atoms with Crippen molar-refractivity contribution in [1.82, 2.24) is 19.2 Å². The molecule has 2 aliphatic rings. The molecule has 0 bridgehead atoms. The van der Waals surface area contributed by atoms with E-state index < -0.39 is 54.0 Å². The van der Waals surface area contributed by atoms with Gasteiger partial charge in [0.05, 0.1) is 33.6 Å². The highest BCUT2D eigenvalue weighted by molar-refractivity contribution is 7.90. The van der Waals surface area contributed by atoms with E-state index in [1.165, 1.54) is 4.90 Å². The summed E-state index contributed by atoms with van der Waals surface area (Å²) in [6.45, 7) is 15.7. The van der Waals surface area contributed by atoms with Gasteiger partial charge in [-0.3, -0.25) is 19.1 Å². The van der Waals surface area contributed by atoms with Gasteiger partial charge in [0.2, 0.25) is 6.43 Å². The van der Waals surface area contributed by atoms with E-state index in [0.29, 0.717) is 34.3 Å². The number of halogens is 3. The first-order valence-corrected chi connectivity index (χ1v) is 22.4. The number of nitrogens with one attached hydrogen (secondary N) is 1. The number of hydrogen-bond donors (Lipinski definition) is 1. The summed E-state index contributed by atoms with van der Waals surface area (Å²) in [6, 6.07) is 12.4. The van der Waals surface area contributed by atoms with E-state index in [4.69, 9.17) is 14.5 Å². The van der Waals surface area contributed by atoms with Gasteiger partial charge >= 0.3 is 0 Å². The van der Waals surface area contributed by atoms with E-state index >= 15 is 4.39 Å². The molecule has 2 aromatic carbocycles. The van der Waals surface area contributed by atoms with Gasteiger partial charge in [-0.05, 0) is 82.3 Å². The van der Waals surface area contributed by atoms with Crippen LogP contribution in [0.1, 0.15) is 92.5 Å². The second-order valence-electron chi connectivity index (χ2n) is 16.4. The highest BCUT2D eigenvalue weighted by Gasteiger charge is 2.59. The van der Waals surface area contributed by atoms with Gasteiger partial charge in [0, 0.05) is 32.6 Å². The van der Waals surface area contributed by atoms with Crippen LogP contribution in [0.15, 0.2) is 42.5 Å². The predicted octanol–water partition coefficient (Wildman–Crippen LogP) is 7.97. The number of rotatable bonds is 16. The molecular formula is C37H51F3N4O5SSi. The summed E-state index contributed by atoms with van der Waals surface area (Å²) in [6.07, 6.45) is -3.90. The van der Waals surface area contributed by atoms with E-state index in [9.17, 15) is 22.9 Å². The van der Waals surface area contributed by atoms with E-state index in [2.05, 4.69) is 24.4 Å². The first-order chi connectivity index (χ1) is 23.7. The molecule has 1 aliphatic heterocycles. The predicted molar refractivity (Wildman–Crippen MR) is 195 cm³/mol. The largest absolute Gasteiger partial charge is 0.598 e. The summed E-state index contributed by atoms with van der Waals surface area (Å²) in [5.74, 6) is -0.801. The number of ether oxygens (including phenoxy) is 2. The van der Waals surface area contributed by atoms with Crippen LogP contribution in [0.3, 0.4) is 0 Å². The maximum Gasteiger partial charge on any atom is 0.262 e. The number of hydrogen-bond acceptors (Lipinski definition) is 7. The minimum absolute atomic E-state index is 0.0385. The highest BCUT2D eigenvalue weighted by Crippen LogP contribution is 2.48. The van der Waals surface area contributed by atoms with E-state index in [1.807, 2.05) is 6.07 Å². The van der Waals surface area contributed by atoms with Crippen molar-refractivity contribution in [3.63, 3.8) is 0 Å². The first kappa shape index (κ1) is 39.5. The Labute approximate surface area is 303 Å². The Balaban J connectivity index is 1.70. The topological polar surface area (TPSA) is 109 Å². The zero-order valence-electron chi connectivity index (χ0n) is 31.0. The van der Waals surface area contributed by atoms with Gasteiger partial charge < -0.3 is 14.0 Å². The number of amides is 2. The molecule has 9 nitrogen and oxygen atoms in total. The molecule has 0 saturated heterocycles. The highest BCUT2D eigenvalue weighted by atomic mass is 32.2. The number of imidazole rings is 1. The number of carbonyl (C=O) groups excluding carboxylic acids is 2. The quantitative estimate of drug-likeness (QED) is 0.0521. The van der Waals surface area contributed by atoms with Crippen LogP contribution < -0.4 is 4.72 Å². The van der Waals surface area contributed by atoms with Crippen LogP contribution in [0.25, 0.3) is 11.0 Å². The fourth-order valence-electron chi connectivity index (χ4n) is 6.31. The van der Waals surface area contributed by atoms with Crippen LogP contribution in [0.5, 0.6) is 0 Å². The van der Waals surface area contributed by atoms with Crippen molar-refractivity contribution in [1.29, 1.82) is 0 Å². The Morgan fingerprint density at radius 1 is 1.02 bits per heavy atom. The van der Waals surface area contributed by atoms with Crippen LogP contribution in [-0.4, -0.2) is 69.4 Å². The first-order valence-electron chi connectivity index (χ1n) is 17.6. The number of alkyl halides is 3. The second-order valence-corrected chi connectivity index (χ2v) is 24.0. The molecule has 1 fully saturated rings. The van der Waals surface area contributed by atoms with Gasteiger partial charge in [-0.25, -0.2) is 18.2 Å². The monoisotopic (exact) mass is 748 g/mol. The van der Waals surface area contributed by atoms with Gasteiger partial charge in [0.1, 0.15) is 11.5 Å². The Morgan fingerprint density at radius 3 is 2.14 bits per heavy atom. The Morgan fingerprint density at radius 2 is 1.63 bits per heavy atom. The van der Waals surface area contributed by atoms with Crippen LogP contribution >= 0.6 is 0 Å². The molecule has 0 radical (unpaired) electrons. The molecule has 5 rings (SSSR count). The molecule has 280 valence electrons. The molecule has 4 atom stereocenters. The number of aromatic nitrogens is 2. The third-order valence-electron chi connectivity index (χ3n) is 9.58.